The molecule has 2 heterocycles. The molecule has 2 N–H and O–H groups in total. The molecule has 0 radical (unpaired) electrons. The lowest BCUT2D eigenvalue weighted by atomic mass is 9.96. The second-order valence-corrected chi connectivity index (χ2v) is 10.4. The summed E-state index contributed by atoms with van der Waals surface area (Å²) in [5, 5.41) is 2.84. The number of nitrogens with zero attached hydrogens (tertiary/aromatic N) is 1. The van der Waals surface area contributed by atoms with Crippen molar-refractivity contribution >= 4 is 27.2 Å². The molecule has 0 fully saturated rings. The SMILES string of the molecule is CCCN1CCC(COc2ccc3c(c2)C(=O)NC3)=C(c2ccc(NS(C)(=O)=O)cc2)CC1. The van der Waals surface area contributed by atoms with Crippen LogP contribution in [0.5, 0.6) is 5.75 Å². The van der Waals surface area contributed by atoms with Gasteiger partial charge in [0.25, 0.3) is 5.91 Å². The van der Waals surface area contributed by atoms with Gasteiger partial charge in [0.15, 0.2) is 0 Å². The summed E-state index contributed by atoms with van der Waals surface area (Å²) in [7, 11) is -3.31. The van der Waals surface area contributed by atoms with Gasteiger partial charge in [-0.2, -0.15) is 0 Å². The van der Waals surface area contributed by atoms with E-state index in [1.807, 2.05) is 30.3 Å². The fourth-order valence-corrected chi connectivity index (χ4v) is 5.02. The minimum absolute atomic E-state index is 0.0529. The predicted octanol–water partition coefficient (Wildman–Crippen LogP) is 3.64. The summed E-state index contributed by atoms with van der Waals surface area (Å²) in [6.45, 7) is 6.25. The number of nitrogens with one attached hydrogen (secondary N) is 2. The summed E-state index contributed by atoms with van der Waals surface area (Å²) < 4.78 is 31.7. The smallest absolute Gasteiger partial charge is 0.252 e. The minimum Gasteiger partial charge on any atom is -0.489 e. The molecule has 2 aromatic rings. The first-order chi connectivity index (χ1) is 15.8. The molecule has 0 saturated heterocycles. The van der Waals surface area contributed by atoms with Gasteiger partial charge in [-0.1, -0.05) is 25.1 Å². The number of hydrogen-bond donors (Lipinski definition) is 2. The average Bonchev–Trinajstić information content (AvgIpc) is 3.02. The van der Waals surface area contributed by atoms with Crippen LogP contribution in [-0.2, 0) is 16.6 Å². The van der Waals surface area contributed by atoms with Crippen LogP contribution in [0.3, 0.4) is 0 Å². The third-order valence-corrected chi connectivity index (χ3v) is 6.70. The largest absolute Gasteiger partial charge is 0.489 e. The van der Waals surface area contributed by atoms with Gasteiger partial charge in [0.1, 0.15) is 12.4 Å². The zero-order valence-corrected chi connectivity index (χ0v) is 20.0. The Morgan fingerprint density at radius 3 is 2.58 bits per heavy atom. The van der Waals surface area contributed by atoms with E-state index in [0.29, 0.717) is 30.2 Å². The molecule has 2 aliphatic rings. The van der Waals surface area contributed by atoms with E-state index in [1.165, 1.54) is 11.1 Å². The van der Waals surface area contributed by atoms with Crippen molar-refractivity contribution in [2.45, 2.75) is 32.7 Å². The number of rotatable bonds is 8. The molecular formula is C25H31N3O4S. The fourth-order valence-electron chi connectivity index (χ4n) is 4.46. The number of sulfonamides is 1. The van der Waals surface area contributed by atoms with Gasteiger partial charge in [0.2, 0.25) is 10.0 Å². The highest BCUT2D eigenvalue weighted by atomic mass is 32.2. The molecule has 0 bridgehead atoms. The van der Waals surface area contributed by atoms with Crippen molar-refractivity contribution in [3.8, 4) is 5.75 Å². The molecular weight excluding hydrogens is 438 g/mol. The molecule has 7 nitrogen and oxygen atoms in total. The Hall–Kier alpha value is -2.84. The molecule has 2 aromatic carbocycles. The summed E-state index contributed by atoms with van der Waals surface area (Å²) in [5.41, 5.74) is 5.81. The fraction of sp³-hybridized carbons (Fsp3) is 0.400. The quantitative estimate of drug-likeness (QED) is 0.616. The number of amides is 1. The molecule has 0 spiro atoms. The lowest BCUT2D eigenvalue weighted by Crippen LogP contribution is -2.25. The first kappa shape index (κ1) is 23.3. The number of ether oxygens (including phenoxy) is 1. The van der Waals surface area contributed by atoms with Gasteiger partial charge in [-0.3, -0.25) is 9.52 Å². The van der Waals surface area contributed by atoms with Crippen molar-refractivity contribution in [2.24, 2.45) is 0 Å². The Morgan fingerprint density at radius 2 is 1.85 bits per heavy atom. The second kappa shape index (κ2) is 9.97. The first-order valence-corrected chi connectivity index (χ1v) is 13.3. The van der Waals surface area contributed by atoms with Crippen LogP contribution in [0.2, 0.25) is 0 Å². The van der Waals surface area contributed by atoms with Crippen LogP contribution in [0.4, 0.5) is 5.69 Å². The van der Waals surface area contributed by atoms with Gasteiger partial charge in [-0.05, 0) is 72.3 Å². The monoisotopic (exact) mass is 469 g/mol. The van der Waals surface area contributed by atoms with Crippen molar-refractivity contribution in [3.63, 3.8) is 0 Å². The van der Waals surface area contributed by atoms with Crippen molar-refractivity contribution in [3.05, 3.63) is 64.7 Å². The molecule has 1 amide bonds. The first-order valence-electron chi connectivity index (χ1n) is 11.4. The van der Waals surface area contributed by atoms with Crippen LogP contribution >= 0.6 is 0 Å². The van der Waals surface area contributed by atoms with Crippen LogP contribution in [-0.4, -0.2) is 51.7 Å². The molecule has 0 unspecified atom stereocenters. The summed E-state index contributed by atoms with van der Waals surface area (Å²) >= 11 is 0. The van der Waals surface area contributed by atoms with Gasteiger partial charge in [-0.25, -0.2) is 8.42 Å². The molecule has 176 valence electrons. The maximum absolute atomic E-state index is 12.0. The van der Waals surface area contributed by atoms with Crippen LogP contribution in [0, 0.1) is 0 Å². The zero-order chi connectivity index (χ0) is 23.4. The molecule has 4 rings (SSSR count). The molecule has 33 heavy (non-hydrogen) atoms. The van der Waals surface area contributed by atoms with E-state index in [0.717, 1.165) is 56.3 Å². The van der Waals surface area contributed by atoms with Crippen LogP contribution in [0.1, 0.15) is 47.7 Å². The maximum Gasteiger partial charge on any atom is 0.252 e. The number of hydrogen-bond acceptors (Lipinski definition) is 5. The zero-order valence-electron chi connectivity index (χ0n) is 19.2. The van der Waals surface area contributed by atoms with Gasteiger partial charge >= 0.3 is 0 Å². The van der Waals surface area contributed by atoms with E-state index in [4.69, 9.17) is 4.74 Å². The lowest BCUT2D eigenvalue weighted by Gasteiger charge is -2.18. The van der Waals surface area contributed by atoms with Gasteiger partial charge < -0.3 is 15.0 Å². The summed E-state index contributed by atoms with van der Waals surface area (Å²) in [6.07, 6.45) is 4.08. The van der Waals surface area contributed by atoms with Crippen LogP contribution in [0.15, 0.2) is 48.0 Å². The Bertz CT molecular complexity index is 1160. The highest BCUT2D eigenvalue weighted by Gasteiger charge is 2.21. The standard InChI is InChI=1S/C25H31N3O4S/c1-3-12-28-13-10-20(17-32-22-9-6-19-16-26-25(29)24(19)15-22)23(11-14-28)18-4-7-21(8-5-18)27-33(2,30)31/h4-9,15,27H,3,10-14,16-17H2,1-2H3,(H,26,29). The van der Waals surface area contributed by atoms with E-state index < -0.39 is 10.0 Å². The molecule has 0 aliphatic carbocycles. The van der Waals surface area contributed by atoms with Crippen LogP contribution < -0.4 is 14.8 Å². The predicted molar refractivity (Wildman–Crippen MR) is 131 cm³/mol. The molecule has 2 aliphatic heterocycles. The third kappa shape index (κ3) is 5.94. The molecule has 0 atom stereocenters. The van der Waals surface area contributed by atoms with Gasteiger partial charge in [0.05, 0.1) is 6.26 Å². The Labute approximate surface area is 195 Å². The third-order valence-electron chi connectivity index (χ3n) is 6.09. The second-order valence-electron chi connectivity index (χ2n) is 8.67. The Kier molecular flexibility index (Phi) is 7.05. The van der Waals surface area contributed by atoms with Gasteiger partial charge in [0, 0.05) is 30.9 Å². The van der Waals surface area contributed by atoms with E-state index in [-0.39, 0.29) is 5.91 Å². The highest BCUT2D eigenvalue weighted by molar-refractivity contribution is 7.92. The minimum atomic E-state index is -3.31. The molecule has 0 saturated carbocycles. The number of carbonyl (C=O) groups is 1. The summed E-state index contributed by atoms with van der Waals surface area (Å²) in [6, 6.07) is 13.2. The molecule has 8 heteroatoms. The average molecular weight is 470 g/mol. The van der Waals surface area contributed by atoms with E-state index >= 15 is 0 Å². The van der Waals surface area contributed by atoms with E-state index in [1.54, 1.807) is 12.1 Å². The van der Waals surface area contributed by atoms with E-state index in [9.17, 15) is 13.2 Å². The Balaban J connectivity index is 1.56. The lowest BCUT2D eigenvalue weighted by molar-refractivity contribution is 0.0965. The topological polar surface area (TPSA) is 87.7 Å². The highest BCUT2D eigenvalue weighted by Crippen LogP contribution is 2.30. The number of fused-ring (bicyclic) bond motifs is 1. The van der Waals surface area contributed by atoms with Gasteiger partial charge in [-0.15, -0.1) is 0 Å². The van der Waals surface area contributed by atoms with Crippen molar-refractivity contribution in [1.82, 2.24) is 10.2 Å². The number of benzene rings is 2. The summed E-state index contributed by atoms with van der Waals surface area (Å²) in [4.78, 5) is 14.5. The normalized spacial score (nSPS) is 16.8. The number of anilines is 1. The molecule has 0 aromatic heterocycles. The van der Waals surface area contributed by atoms with Crippen molar-refractivity contribution in [2.75, 3.05) is 37.2 Å². The van der Waals surface area contributed by atoms with Crippen LogP contribution in [0.25, 0.3) is 5.57 Å². The van der Waals surface area contributed by atoms with Crippen molar-refractivity contribution < 1.29 is 17.9 Å². The maximum atomic E-state index is 12.0. The van der Waals surface area contributed by atoms with E-state index in [2.05, 4.69) is 21.9 Å². The number of carbonyl (C=O) groups excluding carboxylic acids is 1. The van der Waals surface area contributed by atoms with Crippen molar-refractivity contribution in [1.29, 1.82) is 0 Å². The summed E-state index contributed by atoms with van der Waals surface area (Å²) in [5.74, 6) is 0.642. The Morgan fingerprint density at radius 1 is 1.09 bits per heavy atom.